The van der Waals surface area contributed by atoms with Crippen LogP contribution in [0.1, 0.15) is 57.6 Å². The number of hydrogen-bond acceptors (Lipinski definition) is 3. The number of aromatic nitrogens is 2. The zero-order valence-electron chi connectivity index (χ0n) is 11.5. The highest BCUT2D eigenvalue weighted by Gasteiger charge is 2.13. The maximum atomic E-state index is 5.37. The van der Waals surface area contributed by atoms with Gasteiger partial charge in [-0.25, -0.2) is 4.98 Å². The van der Waals surface area contributed by atoms with Crippen LogP contribution in [0.25, 0.3) is 0 Å². The van der Waals surface area contributed by atoms with Crippen LogP contribution in [0.5, 0.6) is 0 Å². The lowest BCUT2D eigenvalue weighted by atomic mass is 10.0. The molecule has 1 aromatic rings. The molecule has 0 spiro atoms. The number of H-pyrrole nitrogens is 1. The van der Waals surface area contributed by atoms with Crippen molar-refractivity contribution in [1.82, 2.24) is 9.97 Å². The maximum Gasteiger partial charge on any atom is 0.133 e. The molecule has 4 heteroatoms. The Bertz CT molecular complexity index is 442. The molecular weight excluding hydrogens is 248 g/mol. The van der Waals surface area contributed by atoms with Crippen molar-refractivity contribution in [3.63, 3.8) is 0 Å². The van der Waals surface area contributed by atoms with E-state index in [1.807, 2.05) is 11.8 Å². The topological polar surface area (TPSA) is 28.7 Å². The number of nitrogens with one attached hydrogen (secondary N) is 1. The Morgan fingerprint density at radius 3 is 2.35 bits per heavy atom. The van der Waals surface area contributed by atoms with Gasteiger partial charge in [-0.15, -0.1) is 11.8 Å². The van der Waals surface area contributed by atoms with Crippen LogP contribution in [-0.2, 0) is 5.75 Å². The smallest absolute Gasteiger partial charge is 0.133 e. The molecule has 17 heavy (non-hydrogen) atoms. The van der Waals surface area contributed by atoms with Gasteiger partial charge in [-0.2, -0.15) is 0 Å². The standard InChI is InChI=1S/C13H22N2S2/c1-8(2)11-9(3)14-10(15-12(11)16)7-17-13(4,5)6/h8H,7H2,1-6H3,(H,14,15,16). The zero-order chi connectivity index (χ0) is 13.2. The Hall–Kier alpha value is -0.350. The summed E-state index contributed by atoms with van der Waals surface area (Å²) in [5.74, 6) is 2.29. The van der Waals surface area contributed by atoms with E-state index in [9.17, 15) is 0 Å². The number of hydrogen-bond donors (Lipinski definition) is 1. The molecule has 1 rings (SSSR count). The minimum Gasteiger partial charge on any atom is -0.346 e. The molecule has 1 aromatic heterocycles. The second kappa shape index (κ2) is 5.53. The number of aryl methyl sites for hydroxylation is 1. The summed E-state index contributed by atoms with van der Waals surface area (Å²) in [4.78, 5) is 7.87. The molecule has 0 saturated heterocycles. The third-order valence-electron chi connectivity index (χ3n) is 2.42. The molecule has 0 unspecified atom stereocenters. The molecule has 1 N–H and O–H groups in total. The molecule has 0 amide bonds. The molecule has 0 aromatic carbocycles. The largest absolute Gasteiger partial charge is 0.346 e. The highest BCUT2D eigenvalue weighted by molar-refractivity contribution is 7.99. The van der Waals surface area contributed by atoms with Crippen LogP contribution in [0.4, 0.5) is 0 Å². The fraction of sp³-hybridized carbons (Fsp3) is 0.692. The molecule has 0 aliphatic heterocycles. The van der Waals surface area contributed by atoms with Crippen LogP contribution in [0.3, 0.4) is 0 Å². The fourth-order valence-corrected chi connectivity index (χ4v) is 2.89. The van der Waals surface area contributed by atoms with E-state index in [0.29, 0.717) is 5.92 Å². The Balaban J connectivity index is 2.96. The molecule has 0 aliphatic rings. The van der Waals surface area contributed by atoms with Gasteiger partial charge in [0.15, 0.2) is 0 Å². The predicted molar refractivity (Wildman–Crippen MR) is 79.3 cm³/mol. The summed E-state index contributed by atoms with van der Waals surface area (Å²) in [6.07, 6.45) is 0. The molecular formula is C13H22N2S2. The van der Waals surface area contributed by atoms with Crippen molar-refractivity contribution in [3.8, 4) is 0 Å². The molecule has 0 saturated carbocycles. The lowest BCUT2D eigenvalue weighted by Gasteiger charge is -2.18. The minimum atomic E-state index is 0.252. The lowest BCUT2D eigenvalue weighted by Crippen LogP contribution is -2.10. The highest BCUT2D eigenvalue weighted by Crippen LogP contribution is 2.27. The van der Waals surface area contributed by atoms with Crippen LogP contribution in [0.2, 0.25) is 0 Å². The van der Waals surface area contributed by atoms with E-state index < -0.39 is 0 Å². The minimum absolute atomic E-state index is 0.252. The van der Waals surface area contributed by atoms with Crippen LogP contribution in [-0.4, -0.2) is 14.7 Å². The number of thioether (sulfide) groups is 1. The van der Waals surface area contributed by atoms with Crippen molar-refractivity contribution in [2.75, 3.05) is 0 Å². The van der Waals surface area contributed by atoms with E-state index in [4.69, 9.17) is 12.2 Å². The van der Waals surface area contributed by atoms with Crippen molar-refractivity contribution in [2.45, 2.75) is 58.0 Å². The summed E-state index contributed by atoms with van der Waals surface area (Å²) >= 11 is 7.25. The van der Waals surface area contributed by atoms with Gasteiger partial charge >= 0.3 is 0 Å². The summed E-state index contributed by atoms with van der Waals surface area (Å²) in [6, 6.07) is 0. The Morgan fingerprint density at radius 1 is 1.35 bits per heavy atom. The van der Waals surface area contributed by atoms with Gasteiger partial charge in [0.1, 0.15) is 10.5 Å². The summed E-state index contributed by atoms with van der Waals surface area (Å²) in [7, 11) is 0. The average Bonchev–Trinajstić information content (AvgIpc) is 2.11. The van der Waals surface area contributed by atoms with Crippen molar-refractivity contribution in [2.24, 2.45) is 0 Å². The first-order chi connectivity index (χ1) is 7.70. The second-order valence-corrected chi connectivity index (χ2v) is 7.77. The normalized spacial score (nSPS) is 12.2. The molecule has 96 valence electrons. The molecule has 0 bridgehead atoms. The number of aromatic amines is 1. The van der Waals surface area contributed by atoms with Gasteiger partial charge < -0.3 is 4.98 Å². The van der Waals surface area contributed by atoms with E-state index in [2.05, 4.69) is 51.5 Å². The van der Waals surface area contributed by atoms with Gasteiger partial charge in [-0.1, -0.05) is 46.8 Å². The van der Waals surface area contributed by atoms with Gasteiger partial charge in [-0.3, -0.25) is 0 Å². The predicted octanol–water partition coefficient (Wildman–Crippen LogP) is 4.60. The molecule has 0 radical (unpaired) electrons. The summed E-state index contributed by atoms with van der Waals surface area (Å²) in [5, 5.41) is 0. The molecule has 1 heterocycles. The quantitative estimate of drug-likeness (QED) is 0.814. The van der Waals surface area contributed by atoms with Crippen LogP contribution >= 0.6 is 24.0 Å². The van der Waals surface area contributed by atoms with E-state index >= 15 is 0 Å². The monoisotopic (exact) mass is 270 g/mol. The number of nitrogens with zero attached hydrogens (tertiary/aromatic N) is 1. The van der Waals surface area contributed by atoms with E-state index in [1.165, 1.54) is 5.56 Å². The second-order valence-electron chi connectivity index (χ2n) is 5.58. The van der Waals surface area contributed by atoms with Gasteiger partial charge in [0.05, 0.1) is 5.75 Å². The first-order valence-corrected chi connectivity index (χ1v) is 7.33. The van der Waals surface area contributed by atoms with Gasteiger partial charge in [-0.05, 0) is 12.8 Å². The van der Waals surface area contributed by atoms with Crippen molar-refractivity contribution in [3.05, 3.63) is 21.7 Å². The maximum absolute atomic E-state index is 5.37. The van der Waals surface area contributed by atoms with Crippen molar-refractivity contribution in [1.29, 1.82) is 0 Å². The molecule has 0 aliphatic carbocycles. The first kappa shape index (κ1) is 14.7. The third kappa shape index (κ3) is 4.43. The Labute approximate surface area is 114 Å². The summed E-state index contributed by atoms with van der Waals surface area (Å²) < 4.78 is 1.00. The lowest BCUT2D eigenvalue weighted by molar-refractivity contribution is 0.792. The van der Waals surface area contributed by atoms with E-state index in [0.717, 1.165) is 21.9 Å². The van der Waals surface area contributed by atoms with Crippen LogP contribution < -0.4 is 0 Å². The van der Waals surface area contributed by atoms with Gasteiger partial charge in [0.25, 0.3) is 0 Å². The Kier molecular flexibility index (Phi) is 4.78. The zero-order valence-corrected chi connectivity index (χ0v) is 13.2. The fourth-order valence-electron chi connectivity index (χ4n) is 1.69. The van der Waals surface area contributed by atoms with E-state index in [1.54, 1.807) is 0 Å². The van der Waals surface area contributed by atoms with Crippen molar-refractivity contribution >= 4 is 24.0 Å². The average molecular weight is 270 g/mol. The highest BCUT2D eigenvalue weighted by atomic mass is 32.2. The van der Waals surface area contributed by atoms with E-state index in [-0.39, 0.29) is 4.75 Å². The van der Waals surface area contributed by atoms with Crippen LogP contribution in [0, 0.1) is 11.6 Å². The number of rotatable bonds is 3. The molecule has 0 atom stereocenters. The van der Waals surface area contributed by atoms with Gasteiger partial charge in [0.2, 0.25) is 0 Å². The summed E-state index contributed by atoms with van der Waals surface area (Å²) in [6.45, 7) is 13.0. The summed E-state index contributed by atoms with van der Waals surface area (Å²) in [5.41, 5.74) is 2.33. The van der Waals surface area contributed by atoms with Crippen LogP contribution in [0.15, 0.2) is 0 Å². The molecule has 0 fully saturated rings. The SMILES string of the molecule is Cc1[nH]c(CSC(C)(C)C)nc(=S)c1C(C)C. The first-order valence-electron chi connectivity index (χ1n) is 5.94. The van der Waals surface area contributed by atoms with Crippen molar-refractivity contribution < 1.29 is 0 Å². The Morgan fingerprint density at radius 2 is 1.94 bits per heavy atom. The molecule has 2 nitrogen and oxygen atoms in total. The third-order valence-corrected chi connectivity index (χ3v) is 4.02. The van der Waals surface area contributed by atoms with Gasteiger partial charge in [0, 0.05) is 16.0 Å².